The molecule has 0 radical (unpaired) electrons. The third-order valence-electron chi connectivity index (χ3n) is 3.17. The summed E-state index contributed by atoms with van der Waals surface area (Å²) in [4.78, 5) is 4.47. The smallest absolute Gasteiger partial charge is 0.124 e. The van der Waals surface area contributed by atoms with Gasteiger partial charge in [-0.2, -0.15) is 0 Å². The average Bonchev–Trinajstić information content (AvgIpc) is 2.46. The lowest BCUT2D eigenvalue weighted by Gasteiger charge is -2.14. The monoisotopic (exact) mass is 303 g/mol. The van der Waals surface area contributed by atoms with Crippen LogP contribution in [0.25, 0.3) is 10.9 Å². The standard InChI is InChI=1S/C16H11Cl2NO/c17-11-5-3-6-12(18)15(11)16(20)14-9-8-10-4-1-2-7-13(10)19-14/h1-9,16,20H. The molecule has 0 aliphatic carbocycles. The second-order valence-electron chi connectivity index (χ2n) is 4.47. The lowest BCUT2D eigenvalue weighted by atomic mass is 10.0. The van der Waals surface area contributed by atoms with Gasteiger partial charge in [-0.15, -0.1) is 0 Å². The Morgan fingerprint density at radius 3 is 2.30 bits per heavy atom. The number of para-hydroxylation sites is 1. The van der Waals surface area contributed by atoms with Gasteiger partial charge in [0.2, 0.25) is 0 Å². The fraction of sp³-hybridized carbons (Fsp3) is 0.0625. The first-order chi connectivity index (χ1) is 9.66. The third-order valence-corrected chi connectivity index (χ3v) is 3.83. The predicted molar refractivity (Wildman–Crippen MR) is 82.3 cm³/mol. The average molecular weight is 304 g/mol. The quantitative estimate of drug-likeness (QED) is 0.749. The molecule has 3 rings (SSSR count). The van der Waals surface area contributed by atoms with E-state index in [0.717, 1.165) is 10.9 Å². The minimum Gasteiger partial charge on any atom is -0.382 e. The first-order valence-electron chi connectivity index (χ1n) is 6.14. The van der Waals surface area contributed by atoms with Crippen LogP contribution in [0.4, 0.5) is 0 Å². The van der Waals surface area contributed by atoms with Crippen LogP contribution < -0.4 is 0 Å². The molecule has 2 aromatic carbocycles. The number of aliphatic hydroxyl groups is 1. The van der Waals surface area contributed by atoms with Gasteiger partial charge in [-0.1, -0.05) is 53.5 Å². The minimum absolute atomic E-state index is 0.431. The van der Waals surface area contributed by atoms with Crippen molar-refractivity contribution < 1.29 is 5.11 Å². The van der Waals surface area contributed by atoms with Crippen molar-refractivity contribution >= 4 is 34.1 Å². The molecule has 0 aliphatic heterocycles. The van der Waals surface area contributed by atoms with Crippen LogP contribution in [0, 0.1) is 0 Å². The van der Waals surface area contributed by atoms with E-state index >= 15 is 0 Å². The number of benzene rings is 2. The Bertz CT molecular complexity index is 753. The van der Waals surface area contributed by atoms with Crippen LogP contribution in [0.1, 0.15) is 17.4 Å². The van der Waals surface area contributed by atoms with E-state index in [9.17, 15) is 5.11 Å². The summed E-state index contributed by atoms with van der Waals surface area (Å²) in [6.07, 6.45) is -0.944. The van der Waals surface area contributed by atoms with Gasteiger partial charge in [0.1, 0.15) is 6.10 Å². The van der Waals surface area contributed by atoms with Gasteiger partial charge < -0.3 is 5.11 Å². The number of rotatable bonds is 2. The maximum Gasteiger partial charge on any atom is 0.124 e. The molecule has 20 heavy (non-hydrogen) atoms. The SMILES string of the molecule is OC(c1ccc2ccccc2n1)c1c(Cl)cccc1Cl. The second kappa shape index (κ2) is 5.41. The zero-order valence-corrected chi connectivity index (χ0v) is 11.9. The Morgan fingerprint density at radius 2 is 1.55 bits per heavy atom. The number of hydrogen-bond donors (Lipinski definition) is 1. The second-order valence-corrected chi connectivity index (χ2v) is 5.28. The Hall–Kier alpha value is -1.61. The molecular formula is C16H11Cl2NO. The van der Waals surface area contributed by atoms with E-state index in [2.05, 4.69) is 4.98 Å². The molecule has 0 fully saturated rings. The van der Waals surface area contributed by atoms with E-state index in [1.54, 1.807) is 24.3 Å². The highest BCUT2D eigenvalue weighted by molar-refractivity contribution is 6.36. The highest BCUT2D eigenvalue weighted by atomic mass is 35.5. The minimum atomic E-state index is -0.944. The summed E-state index contributed by atoms with van der Waals surface area (Å²) < 4.78 is 0. The first kappa shape index (κ1) is 13.4. The van der Waals surface area contributed by atoms with Gasteiger partial charge in [0.15, 0.2) is 0 Å². The van der Waals surface area contributed by atoms with Gasteiger partial charge in [-0.25, -0.2) is 4.98 Å². The Morgan fingerprint density at radius 1 is 0.850 bits per heavy atom. The normalized spacial score (nSPS) is 12.6. The van der Waals surface area contributed by atoms with E-state index < -0.39 is 6.10 Å². The molecule has 2 nitrogen and oxygen atoms in total. The van der Waals surface area contributed by atoms with Crippen molar-refractivity contribution in [2.45, 2.75) is 6.10 Å². The van der Waals surface area contributed by atoms with Gasteiger partial charge in [0.25, 0.3) is 0 Å². The van der Waals surface area contributed by atoms with Crippen LogP contribution in [-0.4, -0.2) is 10.1 Å². The molecule has 4 heteroatoms. The maximum absolute atomic E-state index is 10.5. The molecule has 0 bridgehead atoms. The van der Waals surface area contributed by atoms with Gasteiger partial charge in [-0.05, 0) is 24.3 Å². The fourth-order valence-electron chi connectivity index (χ4n) is 2.15. The Balaban J connectivity index is 2.10. The molecule has 3 aromatic rings. The number of nitrogens with zero attached hydrogens (tertiary/aromatic N) is 1. The van der Waals surface area contributed by atoms with Crippen LogP contribution in [0.15, 0.2) is 54.6 Å². The van der Waals surface area contributed by atoms with Crippen molar-refractivity contribution in [2.24, 2.45) is 0 Å². The van der Waals surface area contributed by atoms with Crippen molar-refractivity contribution in [3.8, 4) is 0 Å². The summed E-state index contributed by atoms with van der Waals surface area (Å²) in [6.45, 7) is 0. The summed E-state index contributed by atoms with van der Waals surface area (Å²) in [5.74, 6) is 0. The molecule has 0 saturated carbocycles. The zero-order chi connectivity index (χ0) is 14.1. The third kappa shape index (κ3) is 2.38. The number of fused-ring (bicyclic) bond motifs is 1. The van der Waals surface area contributed by atoms with Crippen molar-refractivity contribution in [3.63, 3.8) is 0 Å². The zero-order valence-electron chi connectivity index (χ0n) is 10.4. The van der Waals surface area contributed by atoms with Crippen molar-refractivity contribution in [1.29, 1.82) is 0 Å². The van der Waals surface area contributed by atoms with Crippen LogP contribution in [0.2, 0.25) is 10.0 Å². The van der Waals surface area contributed by atoms with Crippen LogP contribution in [0.5, 0.6) is 0 Å². The topological polar surface area (TPSA) is 33.1 Å². The number of aromatic nitrogens is 1. The molecule has 1 aromatic heterocycles. The number of hydrogen-bond acceptors (Lipinski definition) is 2. The predicted octanol–water partition coefficient (Wildman–Crippen LogP) is 4.62. The highest BCUT2D eigenvalue weighted by Gasteiger charge is 2.18. The molecule has 1 atom stereocenters. The summed E-state index contributed by atoms with van der Waals surface area (Å²) in [6, 6.07) is 16.6. The van der Waals surface area contributed by atoms with E-state index in [4.69, 9.17) is 23.2 Å². The number of aliphatic hydroxyl groups excluding tert-OH is 1. The molecule has 1 heterocycles. The van der Waals surface area contributed by atoms with Gasteiger partial charge in [-0.3, -0.25) is 0 Å². The Labute approximate surface area is 126 Å². The largest absolute Gasteiger partial charge is 0.382 e. The fourth-order valence-corrected chi connectivity index (χ4v) is 2.76. The van der Waals surface area contributed by atoms with Gasteiger partial charge in [0, 0.05) is 21.0 Å². The van der Waals surface area contributed by atoms with Crippen molar-refractivity contribution in [2.75, 3.05) is 0 Å². The van der Waals surface area contributed by atoms with Crippen LogP contribution in [-0.2, 0) is 0 Å². The molecule has 0 saturated heterocycles. The van der Waals surface area contributed by atoms with E-state index in [0.29, 0.717) is 21.3 Å². The Kier molecular flexibility index (Phi) is 3.62. The number of pyridine rings is 1. The maximum atomic E-state index is 10.5. The van der Waals surface area contributed by atoms with Crippen molar-refractivity contribution in [1.82, 2.24) is 4.98 Å². The summed E-state index contributed by atoms with van der Waals surface area (Å²) in [5, 5.41) is 12.4. The van der Waals surface area contributed by atoms with Crippen LogP contribution in [0.3, 0.4) is 0 Å². The summed E-state index contributed by atoms with van der Waals surface area (Å²) in [5.41, 5.74) is 1.84. The lowest BCUT2D eigenvalue weighted by molar-refractivity contribution is 0.216. The molecule has 100 valence electrons. The van der Waals surface area contributed by atoms with E-state index in [1.165, 1.54) is 0 Å². The first-order valence-corrected chi connectivity index (χ1v) is 6.90. The number of halogens is 2. The lowest BCUT2D eigenvalue weighted by Crippen LogP contribution is -2.04. The molecule has 1 N–H and O–H groups in total. The van der Waals surface area contributed by atoms with Gasteiger partial charge in [0.05, 0.1) is 11.2 Å². The summed E-state index contributed by atoms with van der Waals surface area (Å²) in [7, 11) is 0. The molecular weight excluding hydrogens is 293 g/mol. The molecule has 0 amide bonds. The molecule has 0 aliphatic rings. The summed E-state index contributed by atoms with van der Waals surface area (Å²) >= 11 is 12.2. The van der Waals surface area contributed by atoms with Crippen molar-refractivity contribution in [3.05, 3.63) is 75.9 Å². The highest BCUT2D eigenvalue weighted by Crippen LogP contribution is 2.33. The van der Waals surface area contributed by atoms with Crippen LogP contribution >= 0.6 is 23.2 Å². The molecule has 1 unspecified atom stereocenters. The van der Waals surface area contributed by atoms with E-state index in [-0.39, 0.29) is 0 Å². The van der Waals surface area contributed by atoms with E-state index in [1.807, 2.05) is 30.3 Å². The van der Waals surface area contributed by atoms with Gasteiger partial charge >= 0.3 is 0 Å². The molecule has 0 spiro atoms.